The molecule has 0 bridgehead atoms. The average Bonchev–Trinajstić information content (AvgIpc) is 2.29. The van der Waals surface area contributed by atoms with E-state index in [0.717, 1.165) is 0 Å². The van der Waals surface area contributed by atoms with Crippen molar-refractivity contribution in [3.8, 4) is 0 Å². The van der Waals surface area contributed by atoms with Crippen molar-refractivity contribution in [2.75, 3.05) is 5.32 Å². The highest BCUT2D eigenvalue weighted by Crippen LogP contribution is 2.13. The molecule has 0 aliphatic carbocycles. The zero-order valence-corrected chi connectivity index (χ0v) is 11.4. The number of rotatable bonds is 3. The first-order valence-electron chi connectivity index (χ1n) is 5.79. The normalized spacial score (nSPS) is 11.8. The summed E-state index contributed by atoms with van der Waals surface area (Å²) in [6.07, 6.45) is -0.612. The van der Waals surface area contributed by atoms with Crippen molar-refractivity contribution < 1.29 is 24.6 Å². The lowest BCUT2D eigenvalue weighted by molar-refractivity contribution is -0.129. The van der Waals surface area contributed by atoms with Gasteiger partial charge in [-0.1, -0.05) is 17.3 Å². The number of hydrogen-bond donors (Lipinski definition) is 3. The van der Waals surface area contributed by atoms with Gasteiger partial charge in [-0.15, -0.1) is 0 Å². The van der Waals surface area contributed by atoms with Gasteiger partial charge in [0.1, 0.15) is 5.60 Å². The average molecular weight is 280 g/mol. The third-order valence-corrected chi connectivity index (χ3v) is 2.11. The van der Waals surface area contributed by atoms with Crippen molar-refractivity contribution in [1.82, 2.24) is 0 Å². The molecule has 0 unspecified atom stereocenters. The first-order chi connectivity index (χ1) is 9.23. The summed E-state index contributed by atoms with van der Waals surface area (Å²) in [6, 6.07) is 5.78. The highest BCUT2D eigenvalue weighted by molar-refractivity contribution is 6.42. The minimum atomic E-state index is -1.35. The van der Waals surface area contributed by atoms with E-state index in [9.17, 15) is 9.59 Å². The van der Waals surface area contributed by atoms with Gasteiger partial charge in [-0.05, 0) is 32.9 Å². The number of oxime groups is 1. The van der Waals surface area contributed by atoms with E-state index in [-0.39, 0.29) is 5.56 Å². The van der Waals surface area contributed by atoms with Crippen LogP contribution in [0.25, 0.3) is 0 Å². The third kappa shape index (κ3) is 4.60. The van der Waals surface area contributed by atoms with E-state index in [1.54, 1.807) is 20.8 Å². The summed E-state index contributed by atoms with van der Waals surface area (Å²) in [7, 11) is 0. The molecule has 0 aliphatic rings. The van der Waals surface area contributed by atoms with E-state index in [0.29, 0.717) is 5.69 Å². The number of benzene rings is 1. The second kappa shape index (κ2) is 6.05. The summed E-state index contributed by atoms with van der Waals surface area (Å²) in [6.45, 7) is 5.23. The molecule has 0 saturated carbocycles. The number of carbonyl (C=O) groups is 2. The molecule has 0 atom stereocenters. The van der Waals surface area contributed by atoms with Crippen LogP contribution in [0.4, 0.5) is 10.5 Å². The van der Waals surface area contributed by atoms with Crippen LogP contribution in [0, 0.1) is 0 Å². The van der Waals surface area contributed by atoms with E-state index < -0.39 is 23.4 Å². The van der Waals surface area contributed by atoms with Gasteiger partial charge in [0.2, 0.25) is 0 Å². The fraction of sp³-hybridized carbons (Fsp3) is 0.308. The maximum atomic E-state index is 11.5. The van der Waals surface area contributed by atoms with Crippen LogP contribution in [0.3, 0.4) is 0 Å². The Morgan fingerprint density at radius 3 is 2.15 bits per heavy atom. The van der Waals surface area contributed by atoms with Gasteiger partial charge in [-0.2, -0.15) is 0 Å². The van der Waals surface area contributed by atoms with E-state index in [4.69, 9.17) is 15.1 Å². The zero-order chi connectivity index (χ0) is 15.3. The van der Waals surface area contributed by atoms with Gasteiger partial charge in [0.15, 0.2) is 5.71 Å². The van der Waals surface area contributed by atoms with Crippen molar-refractivity contribution in [1.29, 1.82) is 0 Å². The fourth-order valence-electron chi connectivity index (χ4n) is 1.36. The lowest BCUT2D eigenvalue weighted by Crippen LogP contribution is -2.27. The Balaban J connectivity index is 2.77. The number of carboxylic acids is 1. The Labute approximate surface area is 115 Å². The lowest BCUT2D eigenvalue weighted by Gasteiger charge is -2.19. The number of anilines is 1. The van der Waals surface area contributed by atoms with E-state index >= 15 is 0 Å². The van der Waals surface area contributed by atoms with Crippen LogP contribution in [-0.4, -0.2) is 33.7 Å². The zero-order valence-electron chi connectivity index (χ0n) is 11.4. The first-order valence-corrected chi connectivity index (χ1v) is 5.79. The molecule has 0 fully saturated rings. The molecule has 20 heavy (non-hydrogen) atoms. The van der Waals surface area contributed by atoms with E-state index in [1.807, 2.05) is 0 Å². The Morgan fingerprint density at radius 1 is 1.20 bits per heavy atom. The molecule has 0 heterocycles. The molecule has 0 spiro atoms. The quantitative estimate of drug-likeness (QED) is 0.447. The second-order valence-corrected chi connectivity index (χ2v) is 4.96. The molecule has 0 aliphatic heterocycles. The minimum absolute atomic E-state index is 0.217. The first kappa shape index (κ1) is 15.5. The molecule has 1 aromatic carbocycles. The van der Waals surface area contributed by atoms with Crippen LogP contribution in [0.5, 0.6) is 0 Å². The van der Waals surface area contributed by atoms with Crippen LogP contribution in [-0.2, 0) is 9.53 Å². The van der Waals surface area contributed by atoms with Crippen LogP contribution in [0.1, 0.15) is 26.3 Å². The van der Waals surface area contributed by atoms with Gasteiger partial charge in [0, 0.05) is 11.3 Å². The van der Waals surface area contributed by atoms with Gasteiger partial charge in [-0.25, -0.2) is 9.59 Å². The predicted molar refractivity (Wildman–Crippen MR) is 72.3 cm³/mol. The Hall–Kier alpha value is -2.57. The fourth-order valence-corrected chi connectivity index (χ4v) is 1.36. The van der Waals surface area contributed by atoms with Crippen molar-refractivity contribution in [3.05, 3.63) is 29.8 Å². The summed E-state index contributed by atoms with van der Waals surface area (Å²) in [5.41, 5.74) is -0.432. The Morgan fingerprint density at radius 2 is 1.75 bits per heavy atom. The van der Waals surface area contributed by atoms with Gasteiger partial charge in [-0.3, -0.25) is 5.32 Å². The molecule has 0 aromatic heterocycles. The van der Waals surface area contributed by atoms with Crippen molar-refractivity contribution >= 4 is 23.5 Å². The standard InChI is InChI=1S/C13H16N2O5/c1-13(2,3)20-12(18)14-9-6-4-8(5-7-9)10(15-19)11(16)17/h4-7,19H,1-3H3,(H,14,18)(H,16,17). The number of amides is 1. The molecule has 0 radical (unpaired) electrons. The molecule has 108 valence electrons. The number of nitrogens with one attached hydrogen (secondary N) is 1. The number of ether oxygens (including phenoxy) is 1. The van der Waals surface area contributed by atoms with E-state index in [2.05, 4.69) is 10.5 Å². The summed E-state index contributed by atoms with van der Waals surface area (Å²) >= 11 is 0. The number of hydrogen-bond acceptors (Lipinski definition) is 5. The molecule has 0 saturated heterocycles. The molecule has 7 heteroatoms. The molecular formula is C13H16N2O5. The molecule has 1 amide bonds. The number of aliphatic carboxylic acids is 1. The maximum Gasteiger partial charge on any atom is 0.412 e. The Kier molecular flexibility index (Phi) is 4.68. The highest BCUT2D eigenvalue weighted by Gasteiger charge is 2.17. The topological polar surface area (TPSA) is 108 Å². The number of carbonyl (C=O) groups excluding carboxylic acids is 1. The van der Waals surface area contributed by atoms with Gasteiger partial charge >= 0.3 is 12.1 Å². The summed E-state index contributed by atoms with van der Waals surface area (Å²) in [5, 5.41) is 22.6. The Bertz CT molecular complexity index is 529. The smallest absolute Gasteiger partial charge is 0.412 e. The van der Waals surface area contributed by atoms with Crippen molar-refractivity contribution in [2.45, 2.75) is 26.4 Å². The summed E-state index contributed by atoms with van der Waals surface area (Å²) < 4.78 is 5.07. The monoisotopic (exact) mass is 280 g/mol. The number of nitrogens with zero attached hydrogens (tertiary/aromatic N) is 1. The van der Waals surface area contributed by atoms with Crippen LogP contribution >= 0.6 is 0 Å². The second-order valence-electron chi connectivity index (χ2n) is 4.96. The van der Waals surface area contributed by atoms with Gasteiger partial charge in [0.25, 0.3) is 0 Å². The maximum absolute atomic E-state index is 11.5. The SMILES string of the molecule is CC(C)(C)OC(=O)Nc1ccc(C(=NO)C(=O)O)cc1. The molecule has 7 nitrogen and oxygen atoms in total. The number of carboxylic acid groups (broad SMARTS) is 1. The van der Waals surface area contributed by atoms with E-state index in [1.165, 1.54) is 24.3 Å². The van der Waals surface area contributed by atoms with Crippen LogP contribution < -0.4 is 5.32 Å². The summed E-state index contributed by atoms with van der Waals surface area (Å²) in [5.74, 6) is -1.35. The lowest BCUT2D eigenvalue weighted by atomic mass is 10.1. The predicted octanol–water partition coefficient (Wildman–Crippen LogP) is 2.30. The van der Waals surface area contributed by atoms with Crippen LogP contribution in [0.2, 0.25) is 0 Å². The largest absolute Gasteiger partial charge is 0.476 e. The minimum Gasteiger partial charge on any atom is -0.476 e. The molecular weight excluding hydrogens is 264 g/mol. The van der Waals surface area contributed by atoms with Gasteiger partial charge < -0.3 is 15.1 Å². The van der Waals surface area contributed by atoms with Crippen LogP contribution in [0.15, 0.2) is 29.4 Å². The highest BCUT2D eigenvalue weighted by atomic mass is 16.6. The molecule has 3 N–H and O–H groups in total. The van der Waals surface area contributed by atoms with Gasteiger partial charge in [0.05, 0.1) is 0 Å². The summed E-state index contributed by atoms with van der Waals surface area (Å²) in [4.78, 5) is 22.3. The molecule has 1 aromatic rings. The van der Waals surface area contributed by atoms with Crippen molar-refractivity contribution in [2.24, 2.45) is 5.16 Å². The third-order valence-electron chi connectivity index (χ3n) is 2.11. The molecule has 1 rings (SSSR count). The van der Waals surface area contributed by atoms with Crippen molar-refractivity contribution in [3.63, 3.8) is 0 Å².